The number of rotatable bonds is 12. The van der Waals surface area contributed by atoms with Crippen LogP contribution in [0.4, 0.5) is 0 Å². The lowest BCUT2D eigenvalue weighted by atomic mass is 9.52. The van der Waals surface area contributed by atoms with Crippen molar-refractivity contribution in [2.45, 2.75) is 122 Å². The lowest BCUT2D eigenvalue weighted by molar-refractivity contribution is 0.0568. The van der Waals surface area contributed by atoms with E-state index >= 15 is 0 Å². The second-order valence-electron chi connectivity index (χ2n) is 13.1. The summed E-state index contributed by atoms with van der Waals surface area (Å²) >= 11 is 0. The van der Waals surface area contributed by atoms with Crippen LogP contribution in [0.15, 0.2) is 48.5 Å². The quantitative estimate of drug-likeness (QED) is 0.253. The molecule has 2 aromatic carbocycles. The second kappa shape index (κ2) is 14.9. The Morgan fingerprint density at radius 3 is 1.45 bits per heavy atom. The molecular weight excluding hydrogens is 484 g/mol. The second-order valence-corrected chi connectivity index (χ2v) is 13.1. The minimum Gasteiger partial charge on any atom is -0.192 e. The minimum atomic E-state index is -0.107. The van der Waals surface area contributed by atoms with Crippen molar-refractivity contribution in [2.75, 3.05) is 0 Å². The van der Waals surface area contributed by atoms with Crippen LogP contribution in [0.25, 0.3) is 0 Å². The van der Waals surface area contributed by atoms with Gasteiger partial charge in [0.2, 0.25) is 0 Å². The van der Waals surface area contributed by atoms with E-state index in [1.165, 1.54) is 101 Å². The predicted octanol–water partition coefficient (Wildman–Crippen LogP) is 10.7. The third kappa shape index (κ3) is 6.82. The van der Waals surface area contributed by atoms with Crippen molar-refractivity contribution < 1.29 is 0 Å². The van der Waals surface area contributed by atoms with Gasteiger partial charge >= 0.3 is 0 Å². The van der Waals surface area contributed by atoms with Crippen LogP contribution in [0, 0.1) is 52.3 Å². The van der Waals surface area contributed by atoms with E-state index in [1.807, 2.05) is 24.3 Å². The molecule has 1 unspecified atom stereocenters. The molecule has 0 aliphatic heterocycles. The molecule has 1 atom stereocenters. The summed E-state index contributed by atoms with van der Waals surface area (Å²) in [5.41, 5.74) is 4.09. The molecule has 2 heteroatoms. The van der Waals surface area contributed by atoms with E-state index in [0.717, 1.165) is 41.2 Å². The highest BCUT2D eigenvalue weighted by atomic mass is 14.5. The average molecular weight is 537 g/mol. The smallest absolute Gasteiger partial charge is 0.0991 e. The van der Waals surface area contributed by atoms with Gasteiger partial charge in [0.25, 0.3) is 0 Å². The van der Waals surface area contributed by atoms with E-state index in [-0.39, 0.29) is 5.41 Å². The van der Waals surface area contributed by atoms with Gasteiger partial charge in [-0.2, -0.15) is 10.5 Å². The zero-order valence-electron chi connectivity index (χ0n) is 25.5. The minimum absolute atomic E-state index is 0.107. The van der Waals surface area contributed by atoms with E-state index in [2.05, 4.69) is 57.2 Å². The molecule has 2 aliphatic carbocycles. The van der Waals surface area contributed by atoms with E-state index in [4.69, 9.17) is 0 Å². The van der Waals surface area contributed by atoms with Gasteiger partial charge in [-0.3, -0.25) is 0 Å². The fraction of sp³-hybridized carbons (Fsp3) is 0.632. The van der Waals surface area contributed by atoms with Crippen LogP contribution in [-0.4, -0.2) is 0 Å². The van der Waals surface area contributed by atoms with Crippen molar-refractivity contribution in [2.24, 2.45) is 29.6 Å². The number of unbranched alkanes of at least 4 members (excludes halogenated alkanes) is 2. The van der Waals surface area contributed by atoms with Gasteiger partial charge in [0.05, 0.1) is 23.3 Å². The van der Waals surface area contributed by atoms with Crippen LogP contribution in [0.5, 0.6) is 0 Å². The Morgan fingerprint density at radius 2 is 1.07 bits per heavy atom. The maximum absolute atomic E-state index is 9.57. The zero-order valence-corrected chi connectivity index (χ0v) is 25.5. The van der Waals surface area contributed by atoms with Crippen LogP contribution in [0.1, 0.15) is 139 Å². The summed E-state index contributed by atoms with van der Waals surface area (Å²) in [4.78, 5) is 0. The molecule has 0 amide bonds. The Hall–Kier alpha value is -2.58. The Kier molecular flexibility index (Phi) is 11.3. The summed E-state index contributed by atoms with van der Waals surface area (Å²) < 4.78 is 0. The topological polar surface area (TPSA) is 47.6 Å². The summed E-state index contributed by atoms with van der Waals surface area (Å²) in [7, 11) is 0. The molecule has 0 saturated heterocycles. The van der Waals surface area contributed by atoms with Crippen LogP contribution in [-0.2, 0) is 5.41 Å². The predicted molar refractivity (Wildman–Crippen MR) is 167 cm³/mol. The molecule has 4 rings (SSSR count). The van der Waals surface area contributed by atoms with Gasteiger partial charge in [0, 0.05) is 5.41 Å². The number of hydrogen-bond donors (Lipinski definition) is 0. The number of nitrogens with zero attached hydrogens (tertiary/aromatic N) is 2. The van der Waals surface area contributed by atoms with Gasteiger partial charge in [-0.25, -0.2) is 0 Å². The molecule has 2 nitrogen and oxygen atoms in total. The summed E-state index contributed by atoms with van der Waals surface area (Å²) in [5.74, 6) is 3.83. The average Bonchev–Trinajstić information content (AvgIpc) is 3.01. The first-order chi connectivity index (χ1) is 19.6. The van der Waals surface area contributed by atoms with Crippen LogP contribution < -0.4 is 0 Å². The standard InChI is InChI=1S/C38H52N2/c1-4-7-8-10-30-13-21-34(22-14-30)37(33-19-11-29(9-5-2)12-20-33)38(6-3,35-23-15-31(27-39)16-24-35)36-25-17-32(28-40)18-26-36/h15-18,23-26,29-30,33-34,37H,4-14,19-22H2,1-3H3. The Morgan fingerprint density at radius 1 is 0.625 bits per heavy atom. The lowest BCUT2D eigenvalue weighted by Crippen LogP contribution is -2.46. The normalized spacial score (nSPS) is 24.1. The Balaban J connectivity index is 1.76. The summed E-state index contributed by atoms with van der Waals surface area (Å²) in [5, 5.41) is 19.1. The third-order valence-corrected chi connectivity index (χ3v) is 10.9. The van der Waals surface area contributed by atoms with E-state index in [1.54, 1.807) is 0 Å². The molecule has 0 N–H and O–H groups in total. The first-order valence-electron chi connectivity index (χ1n) is 16.6. The fourth-order valence-corrected chi connectivity index (χ4v) is 8.83. The highest BCUT2D eigenvalue weighted by molar-refractivity contribution is 5.45. The van der Waals surface area contributed by atoms with Crippen molar-refractivity contribution in [1.82, 2.24) is 0 Å². The Labute approximate surface area is 245 Å². The molecule has 0 heterocycles. The largest absolute Gasteiger partial charge is 0.192 e. The van der Waals surface area contributed by atoms with E-state index in [9.17, 15) is 10.5 Å². The molecule has 40 heavy (non-hydrogen) atoms. The zero-order chi connectivity index (χ0) is 28.4. The molecule has 0 bridgehead atoms. The van der Waals surface area contributed by atoms with Crippen molar-refractivity contribution in [3.63, 3.8) is 0 Å². The van der Waals surface area contributed by atoms with Crippen molar-refractivity contribution >= 4 is 0 Å². The van der Waals surface area contributed by atoms with Gasteiger partial charge in [-0.1, -0.05) is 109 Å². The van der Waals surface area contributed by atoms with Crippen LogP contribution in [0.3, 0.4) is 0 Å². The van der Waals surface area contributed by atoms with Gasteiger partial charge < -0.3 is 0 Å². The molecular formula is C38H52N2. The molecule has 214 valence electrons. The maximum atomic E-state index is 9.57. The molecule has 0 spiro atoms. The fourth-order valence-electron chi connectivity index (χ4n) is 8.83. The monoisotopic (exact) mass is 536 g/mol. The van der Waals surface area contributed by atoms with Crippen molar-refractivity contribution in [3.05, 3.63) is 70.8 Å². The van der Waals surface area contributed by atoms with Crippen molar-refractivity contribution in [1.29, 1.82) is 10.5 Å². The number of nitriles is 2. The molecule has 0 aromatic heterocycles. The van der Waals surface area contributed by atoms with Gasteiger partial charge in [-0.15, -0.1) is 0 Å². The van der Waals surface area contributed by atoms with E-state index in [0.29, 0.717) is 5.92 Å². The Bertz CT molecular complexity index is 1040. The first-order valence-corrected chi connectivity index (χ1v) is 16.6. The number of benzene rings is 2. The van der Waals surface area contributed by atoms with E-state index < -0.39 is 0 Å². The lowest BCUT2D eigenvalue weighted by Gasteiger charge is -2.52. The molecule has 0 radical (unpaired) electrons. The maximum Gasteiger partial charge on any atom is 0.0991 e. The number of hydrogen-bond acceptors (Lipinski definition) is 2. The van der Waals surface area contributed by atoms with Gasteiger partial charge in [0.1, 0.15) is 0 Å². The highest BCUT2D eigenvalue weighted by Crippen LogP contribution is 2.55. The molecule has 2 fully saturated rings. The summed E-state index contributed by atoms with van der Waals surface area (Å²) in [6, 6.07) is 21.8. The van der Waals surface area contributed by atoms with Crippen molar-refractivity contribution in [3.8, 4) is 12.1 Å². The first kappa shape index (κ1) is 30.4. The van der Waals surface area contributed by atoms with Crippen LogP contribution in [0.2, 0.25) is 0 Å². The SMILES string of the molecule is CCCCCC1CCC(C(C2CCC(CCC)CC2)C(CC)(c2ccc(C#N)cc2)c2ccc(C#N)cc2)CC1. The van der Waals surface area contributed by atoms with Crippen LogP contribution >= 0.6 is 0 Å². The highest BCUT2D eigenvalue weighted by Gasteiger charge is 2.49. The summed E-state index contributed by atoms with van der Waals surface area (Å²) in [6.07, 6.45) is 20.1. The third-order valence-electron chi connectivity index (χ3n) is 10.9. The molecule has 2 aliphatic rings. The molecule has 2 aromatic rings. The molecule has 2 saturated carbocycles. The van der Waals surface area contributed by atoms with Gasteiger partial charge in [-0.05, 0) is 97.1 Å². The van der Waals surface area contributed by atoms with Gasteiger partial charge in [0.15, 0.2) is 0 Å². The summed E-state index contributed by atoms with van der Waals surface area (Å²) in [6.45, 7) is 7.04.